The molecule has 0 aliphatic rings. The van der Waals surface area contributed by atoms with Gasteiger partial charge in [-0.3, -0.25) is 19.0 Å². The van der Waals surface area contributed by atoms with E-state index in [9.17, 15) is 14.4 Å². The molecule has 4 aromatic rings. The summed E-state index contributed by atoms with van der Waals surface area (Å²) in [6.45, 7) is 1.54. The number of ether oxygens (including phenoxy) is 2. The maximum atomic E-state index is 13.0. The van der Waals surface area contributed by atoms with Crippen LogP contribution in [0.4, 0.5) is 5.69 Å². The molecule has 33 heavy (non-hydrogen) atoms. The molecule has 0 fully saturated rings. The molecule has 0 bridgehead atoms. The number of fused-ring (bicyclic) bond motifs is 1. The lowest BCUT2D eigenvalue weighted by Crippen LogP contribution is -2.25. The highest BCUT2D eigenvalue weighted by Gasteiger charge is 2.21. The zero-order chi connectivity index (χ0) is 23.4. The average molecular weight is 464 g/mol. The summed E-state index contributed by atoms with van der Waals surface area (Å²) in [5.74, 6) is -0.392. The molecule has 0 spiro atoms. The van der Waals surface area contributed by atoms with Gasteiger partial charge in [0.05, 0.1) is 29.4 Å². The third kappa shape index (κ3) is 4.78. The first-order chi connectivity index (χ1) is 16.0. The number of nitrogens with zero attached hydrogens (tertiary/aromatic N) is 2. The number of anilines is 1. The van der Waals surface area contributed by atoms with Crippen LogP contribution in [0.25, 0.3) is 10.2 Å². The predicted molar refractivity (Wildman–Crippen MR) is 126 cm³/mol. The van der Waals surface area contributed by atoms with E-state index in [1.54, 1.807) is 31.2 Å². The second kappa shape index (κ2) is 9.66. The number of thiophene rings is 1. The van der Waals surface area contributed by atoms with Crippen molar-refractivity contribution in [2.45, 2.75) is 20.1 Å². The van der Waals surface area contributed by atoms with Gasteiger partial charge in [-0.05, 0) is 30.2 Å². The summed E-state index contributed by atoms with van der Waals surface area (Å²) in [5.41, 5.74) is 1.48. The van der Waals surface area contributed by atoms with Gasteiger partial charge in [-0.25, -0.2) is 4.98 Å². The summed E-state index contributed by atoms with van der Waals surface area (Å²) < 4.78 is 11.7. The van der Waals surface area contributed by atoms with E-state index in [-0.39, 0.29) is 19.1 Å². The molecular formula is C24H21N3O5S. The van der Waals surface area contributed by atoms with E-state index in [0.717, 1.165) is 16.9 Å². The molecule has 1 amide bonds. The van der Waals surface area contributed by atoms with Crippen molar-refractivity contribution < 1.29 is 19.1 Å². The van der Waals surface area contributed by atoms with Crippen LogP contribution >= 0.6 is 11.3 Å². The Kier molecular flexibility index (Phi) is 6.50. The minimum Gasteiger partial charge on any atom is -0.495 e. The SMILES string of the molecule is COc1ccccc1NC(=O)c1sc2ncn(CC(=O)OCc3ccccc3)c(=O)c2c1C. The Bertz CT molecular complexity index is 1380. The molecule has 0 saturated heterocycles. The van der Waals surface area contributed by atoms with Gasteiger partial charge >= 0.3 is 5.97 Å². The molecule has 0 atom stereocenters. The van der Waals surface area contributed by atoms with Crippen molar-refractivity contribution in [3.05, 3.63) is 87.3 Å². The Morgan fingerprint density at radius 3 is 2.58 bits per heavy atom. The van der Waals surface area contributed by atoms with E-state index in [2.05, 4.69) is 10.3 Å². The minimum atomic E-state index is -0.552. The Hall–Kier alpha value is -3.98. The lowest BCUT2D eigenvalue weighted by atomic mass is 10.2. The van der Waals surface area contributed by atoms with Gasteiger partial charge in [0, 0.05) is 0 Å². The van der Waals surface area contributed by atoms with Crippen LogP contribution in [0.1, 0.15) is 20.8 Å². The third-order valence-corrected chi connectivity index (χ3v) is 6.22. The van der Waals surface area contributed by atoms with Gasteiger partial charge in [0.15, 0.2) is 0 Å². The minimum absolute atomic E-state index is 0.120. The largest absolute Gasteiger partial charge is 0.495 e. The number of hydrogen-bond donors (Lipinski definition) is 1. The Morgan fingerprint density at radius 1 is 1.09 bits per heavy atom. The lowest BCUT2D eigenvalue weighted by Gasteiger charge is -2.09. The fourth-order valence-electron chi connectivity index (χ4n) is 3.34. The van der Waals surface area contributed by atoms with E-state index in [4.69, 9.17) is 9.47 Å². The van der Waals surface area contributed by atoms with Gasteiger partial charge in [-0.1, -0.05) is 42.5 Å². The van der Waals surface area contributed by atoms with Crippen molar-refractivity contribution in [1.29, 1.82) is 0 Å². The van der Waals surface area contributed by atoms with Crippen molar-refractivity contribution in [1.82, 2.24) is 9.55 Å². The summed E-state index contributed by atoms with van der Waals surface area (Å²) >= 11 is 1.12. The molecule has 2 aromatic carbocycles. The van der Waals surface area contributed by atoms with Crippen LogP contribution in [0.15, 0.2) is 65.7 Å². The van der Waals surface area contributed by atoms with Crippen LogP contribution in [0.2, 0.25) is 0 Å². The molecule has 2 heterocycles. The van der Waals surface area contributed by atoms with Crippen molar-refractivity contribution >= 4 is 39.1 Å². The Morgan fingerprint density at radius 2 is 1.82 bits per heavy atom. The highest BCUT2D eigenvalue weighted by Crippen LogP contribution is 2.29. The Labute approximate surface area is 193 Å². The number of hydrogen-bond acceptors (Lipinski definition) is 7. The van der Waals surface area contributed by atoms with Crippen LogP contribution in [0.3, 0.4) is 0 Å². The van der Waals surface area contributed by atoms with Crippen LogP contribution in [0, 0.1) is 6.92 Å². The molecular weight excluding hydrogens is 442 g/mol. The zero-order valence-electron chi connectivity index (χ0n) is 18.0. The maximum absolute atomic E-state index is 13.0. The molecule has 9 heteroatoms. The monoisotopic (exact) mass is 463 g/mol. The molecule has 0 saturated carbocycles. The number of nitrogens with one attached hydrogen (secondary N) is 1. The summed E-state index contributed by atoms with van der Waals surface area (Å²) in [6.07, 6.45) is 1.30. The number of benzene rings is 2. The van der Waals surface area contributed by atoms with E-state index in [0.29, 0.717) is 32.1 Å². The first-order valence-electron chi connectivity index (χ1n) is 10.1. The molecule has 168 valence electrons. The number of amides is 1. The number of esters is 1. The van der Waals surface area contributed by atoms with Gasteiger partial charge in [0.2, 0.25) is 0 Å². The highest BCUT2D eigenvalue weighted by molar-refractivity contribution is 7.20. The maximum Gasteiger partial charge on any atom is 0.326 e. The zero-order valence-corrected chi connectivity index (χ0v) is 18.8. The van der Waals surface area contributed by atoms with Gasteiger partial charge in [-0.2, -0.15) is 0 Å². The number of aromatic nitrogens is 2. The summed E-state index contributed by atoms with van der Waals surface area (Å²) in [4.78, 5) is 43.3. The predicted octanol–water partition coefficient (Wildman–Crippen LogP) is 3.77. The van der Waals surface area contributed by atoms with E-state index in [1.807, 2.05) is 30.3 Å². The molecule has 0 aliphatic heterocycles. The van der Waals surface area contributed by atoms with Crippen molar-refractivity contribution in [3.8, 4) is 5.75 Å². The Balaban J connectivity index is 1.54. The lowest BCUT2D eigenvalue weighted by molar-refractivity contribution is -0.145. The van der Waals surface area contributed by atoms with Crippen LogP contribution < -0.4 is 15.6 Å². The highest BCUT2D eigenvalue weighted by atomic mass is 32.1. The number of aryl methyl sites for hydroxylation is 1. The van der Waals surface area contributed by atoms with E-state index in [1.165, 1.54) is 18.0 Å². The van der Waals surface area contributed by atoms with Crippen LogP contribution in [-0.4, -0.2) is 28.5 Å². The fraction of sp³-hybridized carbons (Fsp3) is 0.167. The summed E-state index contributed by atoms with van der Waals surface area (Å²) in [5, 5.41) is 3.12. The van der Waals surface area contributed by atoms with Crippen LogP contribution in [-0.2, 0) is 22.7 Å². The quantitative estimate of drug-likeness (QED) is 0.419. The second-order valence-electron chi connectivity index (χ2n) is 7.21. The first-order valence-corrected chi connectivity index (χ1v) is 10.9. The van der Waals surface area contributed by atoms with Gasteiger partial charge in [0.25, 0.3) is 11.5 Å². The second-order valence-corrected chi connectivity index (χ2v) is 8.21. The van der Waals surface area contributed by atoms with Crippen molar-refractivity contribution in [2.75, 3.05) is 12.4 Å². The molecule has 0 aliphatic carbocycles. The summed E-state index contributed by atoms with van der Waals surface area (Å²) in [6, 6.07) is 16.3. The third-order valence-electron chi connectivity index (χ3n) is 5.02. The molecule has 8 nitrogen and oxygen atoms in total. The van der Waals surface area contributed by atoms with E-state index >= 15 is 0 Å². The smallest absolute Gasteiger partial charge is 0.326 e. The van der Waals surface area contributed by atoms with Crippen molar-refractivity contribution in [2.24, 2.45) is 0 Å². The van der Waals surface area contributed by atoms with Gasteiger partial charge < -0.3 is 14.8 Å². The van der Waals surface area contributed by atoms with Gasteiger partial charge in [-0.15, -0.1) is 11.3 Å². The number of para-hydroxylation sites is 2. The fourth-order valence-corrected chi connectivity index (χ4v) is 4.37. The summed E-state index contributed by atoms with van der Waals surface area (Å²) in [7, 11) is 1.52. The number of carbonyl (C=O) groups is 2. The molecule has 1 N–H and O–H groups in total. The molecule has 4 rings (SSSR count). The van der Waals surface area contributed by atoms with Crippen LogP contribution in [0.5, 0.6) is 5.75 Å². The molecule has 0 radical (unpaired) electrons. The normalized spacial score (nSPS) is 10.7. The molecule has 2 aromatic heterocycles. The standard InChI is InChI=1S/C24H21N3O5S/c1-15-20-23(33-21(15)22(29)26-17-10-6-7-11-18(17)31-2)25-14-27(24(20)30)12-19(28)32-13-16-8-4-3-5-9-16/h3-11,14H,12-13H2,1-2H3,(H,26,29). The topological polar surface area (TPSA) is 99.5 Å². The first kappa shape index (κ1) is 22.2. The average Bonchev–Trinajstić information content (AvgIpc) is 3.17. The number of methoxy groups -OCH3 is 1. The number of carbonyl (C=O) groups excluding carboxylic acids is 2. The van der Waals surface area contributed by atoms with Gasteiger partial charge in [0.1, 0.15) is 23.7 Å². The number of rotatable bonds is 7. The molecule has 0 unspecified atom stereocenters. The van der Waals surface area contributed by atoms with E-state index < -0.39 is 11.5 Å². The van der Waals surface area contributed by atoms with Crippen molar-refractivity contribution in [3.63, 3.8) is 0 Å².